The summed E-state index contributed by atoms with van der Waals surface area (Å²) in [7, 11) is 0. The first-order valence-electron chi connectivity index (χ1n) is 7.33. The molecule has 1 aliphatic rings. The Bertz CT molecular complexity index is 150. The molecule has 2 N–H and O–H groups in total. The van der Waals surface area contributed by atoms with Crippen LogP contribution >= 0.6 is 0 Å². The van der Waals surface area contributed by atoms with Crippen LogP contribution < -0.4 is 0 Å². The monoisotopic (exact) mass is 230 g/mol. The molecule has 100 valence electrons. The van der Waals surface area contributed by atoms with Gasteiger partial charge in [0.2, 0.25) is 0 Å². The SMILES string of the molecule is CCCCCCCC1CCCC(C)CC1.O.[HH]. The van der Waals surface area contributed by atoms with Crippen LogP contribution in [0.3, 0.4) is 0 Å². The Hall–Kier alpha value is -0.0400. The lowest BCUT2D eigenvalue weighted by Gasteiger charge is -2.13. The molecule has 1 rings (SSSR count). The van der Waals surface area contributed by atoms with Crippen molar-refractivity contribution in [1.82, 2.24) is 0 Å². The minimum Gasteiger partial charge on any atom is -0.412 e. The number of unbranched alkanes of at least 4 members (excludes halogenated alkanes) is 4. The molecule has 1 saturated carbocycles. The van der Waals surface area contributed by atoms with Crippen molar-refractivity contribution < 1.29 is 6.90 Å². The van der Waals surface area contributed by atoms with Crippen LogP contribution in [0, 0.1) is 11.8 Å². The summed E-state index contributed by atoms with van der Waals surface area (Å²) in [6.07, 6.45) is 16.3. The molecule has 0 heterocycles. The molecule has 0 aliphatic heterocycles. The molecular weight excluding hydrogens is 196 g/mol. The third-order valence-corrected chi connectivity index (χ3v) is 4.09. The molecule has 2 unspecified atom stereocenters. The molecule has 1 heteroatoms. The minimum atomic E-state index is 0. The third kappa shape index (κ3) is 7.27. The first-order chi connectivity index (χ1) is 7.33. The number of hydrogen-bond acceptors (Lipinski definition) is 0. The maximum absolute atomic E-state index is 2.43. The molecule has 16 heavy (non-hydrogen) atoms. The molecule has 2 atom stereocenters. The number of rotatable bonds is 6. The van der Waals surface area contributed by atoms with Crippen molar-refractivity contribution in [2.45, 2.75) is 84.5 Å². The van der Waals surface area contributed by atoms with E-state index >= 15 is 0 Å². The van der Waals surface area contributed by atoms with Gasteiger partial charge in [-0.1, -0.05) is 84.5 Å². The van der Waals surface area contributed by atoms with Gasteiger partial charge in [0, 0.05) is 1.43 Å². The van der Waals surface area contributed by atoms with E-state index in [1.807, 2.05) is 0 Å². The Morgan fingerprint density at radius 2 is 1.69 bits per heavy atom. The van der Waals surface area contributed by atoms with E-state index in [-0.39, 0.29) is 6.90 Å². The van der Waals surface area contributed by atoms with Crippen LogP contribution in [0.2, 0.25) is 0 Å². The van der Waals surface area contributed by atoms with Crippen LogP contribution in [-0.4, -0.2) is 5.48 Å². The van der Waals surface area contributed by atoms with Crippen LogP contribution in [0.1, 0.15) is 85.9 Å². The maximum atomic E-state index is 2.43. The quantitative estimate of drug-likeness (QED) is 0.455. The van der Waals surface area contributed by atoms with Crippen LogP contribution in [0.4, 0.5) is 0 Å². The Morgan fingerprint density at radius 3 is 2.44 bits per heavy atom. The van der Waals surface area contributed by atoms with Crippen LogP contribution in [0.25, 0.3) is 0 Å². The lowest BCUT2D eigenvalue weighted by atomic mass is 9.93. The smallest absolute Gasteiger partial charge is 0 e. The Kier molecular flexibility index (Phi) is 10.1. The largest absolute Gasteiger partial charge is 0.412 e. The van der Waals surface area contributed by atoms with Gasteiger partial charge in [0.15, 0.2) is 0 Å². The molecule has 0 radical (unpaired) electrons. The first-order valence-corrected chi connectivity index (χ1v) is 7.33. The van der Waals surface area contributed by atoms with Crippen molar-refractivity contribution in [2.24, 2.45) is 11.8 Å². The summed E-state index contributed by atoms with van der Waals surface area (Å²) < 4.78 is 0. The van der Waals surface area contributed by atoms with E-state index in [9.17, 15) is 0 Å². The van der Waals surface area contributed by atoms with Crippen molar-refractivity contribution in [1.29, 1.82) is 0 Å². The highest BCUT2D eigenvalue weighted by molar-refractivity contribution is 4.68. The van der Waals surface area contributed by atoms with Gasteiger partial charge in [0.05, 0.1) is 0 Å². The van der Waals surface area contributed by atoms with Gasteiger partial charge in [-0.25, -0.2) is 0 Å². The molecule has 0 bridgehead atoms. The Balaban J connectivity index is 0. The second kappa shape index (κ2) is 10.1. The molecule has 1 fully saturated rings. The van der Waals surface area contributed by atoms with Crippen LogP contribution in [-0.2, 0) is 0 Å². The van der Waals surface area contributed by atoms with E-state index in [1.165, 1.54) is 70.6 Å². The second-order valence-corrected chi connectivity index (χ2v) is 5.68. The second-order valence-electron chi connectivity index (χ2n) is 5.68. The van der Waals surface area contributed by atoms with E-state index in [0.717, 1.165) is 11.8 Å². The van der Waals surface area contributed by atoms with E-state index in [1.54, 1.807) is 0 Å². The predicted octanol–water partition coefficient (Wildman–Crippen LogP) is 4.98. The maximum Gasteiger partial charge on any atom is 0 e. The molecule has 1 nitrogen and oxygen atoms in total. The molecule has 0 spiro atoms. The zero-order valence-corrected chi connectivity index (χ0v) is 11.4. The van der Waals surface area contributed by atoms with Gasteiger partial charge >= 0.3 is 0 Å². The molecule has 0 saturated heterocycles. The zero-order chi connectivity index (χ0) is 10.9. The summed E-state index contributed by atoms with van der Waals surface area (Å²) in [6, 6.07) is 0. The van der Waals surface area contributed by atoms with Gasteiger partial charge < -0.3 is 5.48 Å². The van der Waals surface area contributed by atoms with Gasteiger partial charge in [-0.15, -0.1) is 0 Å². The summed E-state index contributed by atoms with van der Waals surface area (Å²) >= 11 is 0. The molecule has 0 aromatic rings. The minimum absolute atomic E-state index is 0. The normalized spacial score (nSPS) is 25.9. The average molecular weight is 230 g/mol. The zero-order valence-electron chi connectivity index (χ0n) is 11.4. The lowest BCUT2D eigenvalue weighted by Crippen LogP contribution is -1.99. The highest BCUT2D eigenvalue weighted by atomic mass is 16.0. The molecule has 0 aromatic heterocycles. The number of hydrogen-bond donors (Lipinski definition) is 0. The first kappa shape index (κ1) is 16.0. The highest BCUT2D eigenvalue weighted by Gasteiger charge is 2.15. The fourth-order valence-corrected chi connectivity index (χ4v) is 2.89. The van der Waals surface area contributed by atoms with Gasteiger partial charge in [0.1, 0.15) is 0 Å². The molecule has 0 amide bonds. The molecular formula is C15H34O. The van der Waals surface area contributed by atoms with Crippen molar-refractivity contribution in [3.8, 4) is 0 Å². The van der Waals surface area contributed by atoms with Crippen molar-refractivity contribution in [3.05, 3.63) is 0 Å². The lowest BCUT2D eigenvalue weighted by molar-refractivity contribution is 0.398. The standard InChI is InChI=1S/C15H30.H2O.H2/c1-3-4-5-6-7-10-15-11-8-9-14(2)12-13-15;;/h14-15H,3-13H2,1-2H3;1H2;1H. The van der Waals surface area contributed by atoms with Gasteiger partial charge in [0.25, 0.3) is 0 Å². The van der Waals surface area contributed by atoms with Crippen molar-refractivity contribution in [2.75, 3.05) is 0 Å². The topological polar surface area (TPSA) is 31.5 Å². The molecule has 1 aliphatic carbocycles. The summed E-state index contributed by atoms with van der Waals surface area (Å²) in [5.74, 6) is 2.09. The highest BCUT2D eigenvalue weighted by Crippen LogP contribution is 2.30. The average Bonchev–Trinajstić information content (AvgIpc) is 2.43. The predicted molar refractivity (Wildman–Crippen MR) is 74.8 cm³/mol. The van der Waals surface area contributed by atoms with E-state index in [0.29, 0.717) is 0 Å². The van der Waals surface area contributed by atoms with Crippen LogP contribution in [0.5, 0.6) is 0 Å². The summed E-state index contributed by atoms with van der Waals surface area (Å²) in [6.45, 7) is 4.73. The van der Waals surface area contributed by atoms with Crippen LogP contribution in [0.15, 0.2) is 0 Å². The van der Waals surface area contributed by atoms with Crippen molar-refractivity contribution in [3.63, 3.8) is 0 Å². The third-order valence-electron chi connectivity index (χ3n) is 4.09. The van der Waals surface area contributed by atoms with Gasteiger partial charge in [-0.05, 0) is 11.8 Å². The van der Waals surface area contributed by atoms with Crippen molar-refractivity contribution >= 4 is 0 Å². The Labute approximate surface area is 104 Å². The summed E-state index contributed by atoms with van der Waals surface area (Å²) in [4.78, 5) is 0. The van der Waals surface area contributed by atoms with E-state index in [4.69, 9.17) is 0 Å². The van der Waals surface area contributed by atoms with E-state index < -0.39 is 0 Å². The van der Waals surface area contributed by atoms with Gasteiger partial charge in [-0.2, -0.15) is 0 Å². The van der Waals surface area contributed by atoms with Gasteiger partial charge in [-0.3, -0.25) is 0 Å². The fourth-order valence-electron chi connectivity index (χ4n) is 2.89. The fraction of sp³-hybridized carbons (Fsp3) is 1.00. The molecule has 0 aromatic carbocycles. The summed E-state index contributed by atoms with van der Waals surface area (Å²) in [5.41, 5.74) is 0. The summed E-state index contributed by atoms with van der Waals surface area (Å²) in [5, 5.41) is 0. The van der Waals surface area contributed by atoms with E-state index in [2.05, 4.69) is 13.8 Å². The Morgan fingerprint density at radius 1 is 0.938 bits per heavy atom.